The van der Waals surface area contributed by atoms with E-state index in [1.165, 1.54) is 0 Å². The fraction of sp³-hybridized carbons (Fsp3) is 0.125. The van der Waals surface area contributed by atoms with Crippen LogP contribution in [0, 0.1) is 18.3 Å². The number of hydrogen-bond donors (Lipinski definition) is 2. The molecule has 0 aliphatic rings. The lowest BCUT2D eigenvalue weighted by atomic mass is 10.2. The van der Waals surface area contributed by atoms with E-state index in [9.17, 15) is 4.79 Å². The number of halogens is 1. The molecule has 1 amide bonds. The standard InChI is InChI=1S/C16H14ClN3O/c1-11-6-7-13(17)8-15(11)19-10-16(21)20-14-5-3-2-4-12(14)9-18/h2-8,19H,10H2,1H3,(H,20,21). The van der Waals surface area contributed by atoms with Crippen LogP contribution in [0.5, 0.6) is 0 Å². The van der Waals surface area contributed by atoms with Gasteiger partial charge in [0, 0.05) is 10.7 Å². The highest BCUT2D eigenvalue weighted by Gasteiger charge is 2.07. The SMILES string of the molecule is Cc1ccc(Cl)cc1NCC(=O)Nc1ccccc1C#N. The van der Waals surface area contributed by atoms with Crippen molar-refractivity contribution in [2.45, 2.75) is 6.92 Å². The highest BCUT2D eigenvalue weighted by molar-refractivity contribution is 6.30. The summed E-state index contributed by atoms with van der Waals surface area (Å²) in [4.78, 5) is 11.9. The number of aryl methyl sites for hydroxylation is 1. The molecule has 4 nitrogen and oxygen atoms in total. The lowest BCUT2D eigenvalue weighted by Crippen LogP contribution is -2.22. The van der Waals surface area contributed by atoms with Gasteiger partial charge in [-0.3, -0.25) is 4.79 Å². The molecule has 106 valence electrons. The van der Waals surface area contributed by atoms with Crippen LogP contribution in [0.3, 0.4) is 0 Å². The van der Waals surface area contributed by atoms with Gasteiger partial charge < -0.3 is 10.6 Å². The van der Waals surface area contributed by atoms with Crippen LogP contribution < -0.4 is 10.6 Å². The van der Waals surface area contributed by atoms with Gasteiger partial charge in [-0.25, -0.2) is 0 Å². The Bertz CT molecular complexity index is 707. The van der Waals surface area contributed by atoms with Crippen molar-refractivity contribution in [1.82, 2.24) is 0 Å². The number of benzene rings is 2. The zero-order valence-corrected chi connectivity index (χ0v) is 12.2. The van der Waals surface area contributed by atoms with Crippen molar-refractivity contribution in [2.75, 3.05) is 17.2 Å². The van der Waals surface area contributed by atoms with Crippen LogP contribution in [-0.2, 0) is 4.79 Å². The minimum absolute atomic E-state index is 0.0982. The second kappa shape index (κ2) is 6.78. The number of carbonyl (C=O) groups excluding carboxylic acids is 1. The summed E-state index contributed by atoms with van der Waals surface area (Å²) < 4.78 is 0. The molecule has 21 heavy (non-hydrogen) atoms. The van der Waals surface area contributed by atoms with Gasteiger partial charge in [0.25, 0.3) is 0 Å². The molecular formula is C16H14ClN3O. The number of hydrogen-bond acceptors (Lipinski definition) is 3. The Morgan fingerprint density at radius 2 is 2.00 bits per heavy atom. The Morgan fingerprint density at radius 1 is 1.24 bits per heavy atom. The van der Waals surface area contributed by atoms with Crippen LogP contribution in [0.2, 0.25) is 5.02 Å². The topological polar surface area (TPSA) is 64.9 Å². The summed E-state index contributed by atoms with van der Waals surface area (Å²) >= 11 is 5.92. The first-order valence-corrected chi connectivity index (χ1v) is 6.77. The van der Waals surface area contributed by atoms with Gasteiger partial charge in [0.15, 0.2) is 0 Å². The molecule has 0 aliphatic carbocycles. The first-order valence-electron chi connectivity index (χ1n) is 6.39. The van der Waals surface area contributed by atoms with Crippen LogP contribution in [0.4, 0.5) is 11.4 Å². The minimum Gasteiger partial charge on any atom is -0.376 e. The van der Waals surface area contributed by atoms with Gasteiger partial charge in [0.05, 0.1) is 17.8 Å². The molecule has 2 N–H and O–H groups in total. The van der Waals surface area contributed by atoms with E-state index in [-0.39, 0.29) is 12.5 Å². The number of anilines is 2. The predicted molar refractivity (Wildman–Crippen MR) is 84.5 cm³/mol. The molecule has 0 aliphatic heterocycles. The molecule has 0 unspecified atom stereocenters. The Hall–Kier alpha value is -2.51. The van der Waals surface area contributed by atoms with Crippen LogP contribution >= 0.6 is 11.6 Å². The van der Waals surface area contributed by atoms with E-state index in [4.69, 9.17) is 16.9 Å². The lowest BCUT2D eigenvalue weighted by molar-refractivity contribution is -0.114. The van der Waals surface area contributed by atoms with Crippen molar-refractivity contribution in [2.24, 2.45) is 0 Å². The summed E-state index contributed by atoms with van der Waals surface area (Å²) in [5.74, 6) is -0.225. The van der Waals surface area contributed by atoms with Crippen LogP contribution in [-0.4, -0.2) is 12.5 Å². The monoisotopic (exact) mass is 299 g/mol. The minimum atomic E-state index is -0.225. The number of para-hydroxylation sites is 1. The van der Waals surface area contributed by atoms with Crippen molar-refractivity contribution >= 4 is 28.9 Å². The molecule has 0 radical (unpaired) electrons. The second-order valence-electron chi connectivity index (χ2n) is 4.52. The maximum absolute atomic E-state index is 11.9. The zero-order valence-electron chi connectivity index (χ0n) is 11.5. The Labute approximate surface area is 128 Å². The van der Waals surface area contributed by atoms with Crippen molar-refractivity contribution in [3.63, 3.8) is 0 Å². The van der Waals surface area contributed by atoms with E-state index in [2.05, 4.69) is 10.6 Å². The summed E-state index contributed by atoms with van der Waals surface area (Å²) in [5, 5.41) is 15.3. The lowest BCUT2D eigenvalue weighted by Gasteiger charge is -2.11. The zero-order chi connectivity index (χ0) is 15.2. The van der Waals surface area contributed by atoms with Crippen molar-refractivity contribution in [3.8, 4) is 6.07 Å². The molecule has 0 saturated heterocycles. The quantitative estimate of drug-likeness (QED) is 0.907. The summed E-state index contributed by atoms with van der Waals surface area (Å²) in [6.45, 7) is 2.03. The van der Waals surface area contributed by atoms with Crippen LogP contribution in [0.1, 0.15) is 11.1 Å². The smallest absolute Gasteiger partial charge is 0.243 e. The van der Waals surface area contributed by atoms with Crippen molar-refractivity contribution in [3.05, 3.63) is 58.6 Å². The van der Waals surface area contributed by atoms with Gasteiger partial charge in [0.2, 0.25) is 5.91 Å². The molecule has 2 aromatic rings. The summed E-state index contributed by atoms with van der Waals surface area (Å²) in [5.41, 5.74) is 2.76. The van der Waals surface area contributed by atoms with Crippen molar-refractivity contribution < 1.29 is 4.79 Å². The summed E-state index contributed by atoms with van der Waals surface area (Å²) in [6.07, 6.45) is 0. The van der Waals surface area contributed by atoms with Gasteiger partial charge in [0.1, 0.15) is 6.07 Å². The molecule has 0 fully saturated rings. The second-order valence-corrected chi connectivity index (χ2v) is 4.95. The average molecular weight is 300 g/mol. The first-order chi connectivity index (χ1) is 10.1. The molecular weight excluding hydrogens is 286 g/mol. The molecule has 0 heterocycles. The van der Waals surface area contributed by atoms with Gasteiger partial charge in [-0.05, 0) is 36.8 Å². The molecule has 5 heteroatoms. The fourth-order valence-corrected chi connectivity index (χ4v) is 2.02. The highest BCUT2D eigenvalue weighted by atomic mass is 35.5. The summed E-state index contributed by atoms with van der Waals surface area (Å²) in [6, 6.07) is 14.4. The largest absolute Gasteiger partial charge is 0.376 e. The Morgan fingerprint density at radius 3 is 2.76 bits per heavy atom. The number of rotatable bonds is 4. The van der Waals surface area contributed by atoms with Gasteiger partial charge >= 0.3 is 0 Å². The van der Waals surface area contributed by atoms with E-state index >= 15 is 0 Å². The van der Waals surface area contributed by atoms with Gasteiger partial charge in [-0.2, -0.15) is 5.26 Å². The van der Waals surface area contributed by atoms with Crippen LogP contribution in [0.15, 0.2) is 42.5 Å². The Balaban J connectivity index is 2.00. The molecule has 2 rings (SSSR count). The highest BCUT2D eigenvalue weighted by Crippen LogP contribution is 2.20. The third kappa shape index (κ3) is 3.98. The molecule has 2 aromatic carbocycles. The molecule has 0 bridgehead atoms. The van der Waals surface area contributed by atoms with E-state index in [1.54, 1.807) is 36.4 Å². The molecule has 0 atom stereocenters. The molecule has 0 aromatic heterocycles. The maximum atomic E-state index is 11.9. The maximum Gasteiger partial charge on any atom is 0.243 e. The number of amides is 1. The number of nitriles is 1. The number of nitrogens with zero attached hydrogens (tertiary/aromatic N) is 1. The van der Waals surface area contributed by atoms with Gasteiger partial charge in [-0.15, -0.1) is 0 Å². The third-order valence-corrected chi connectivity index (χ3v) is 3.20. The van der Waals surface area contributed by atoms with E-state index < -0.39 is 0 Å². The Kier molecular flexibility index (Phi) is 4.81. The van der Waals surface area contributed by atoms with Crippen molar-refractivity contribution in [1.29, 1.82) is 5.26 Å². The van der Waals surface area contributed by atoms with Gasteiger partial charge in [-0.1, -0.05) is 29.8 Å². The average Bonchev–Trinajstić information content (AvgIpc) is 2.49. The predicted octanol–water partition coefficient (Wildman–Crippen LogP) is 3.57. The summed E-state index contributed by atoms with van der Waals surface area (Å²) in [7, 11) is 0. The first kappa shape index (κ1) is 14.9. The fourth-order valence-electron chi connectivity index (χ4n) is 1.84. The normalized spacial score (nSPS) is 9.76. The van der Waals surface area contributed by atoms with Crippen LogP contribution in [0.25, 0.3) is 0 Å². The number of carbonyl (C=O) groups is 1. The van der Waals surface area contributed by atoms with E-state index in [1.807, 2.05) is 19.1 Å². The molecule has 0 spiro atoms. The molecule has 0 saturated carbocycles. The van der Waals surface area contributed by atoms with E-state index in [0.717, 1.165) is 11.3 Å². The third-order valence-electron chi connectivity index (χ3n) is 2.96. The number of nitrogens with one attached hydrogen (secondary N) is 2. The van der Waals surface area contributed by atoms with E-state index in [0.29, 0.717) is 16.3 Å².